The minimum absolute atomic E-state index is 0.133. The van der Waals surface area contributed by atoms with Gasteiger partial charge in [0.25, 0.3) is 5.91 Å². The molecular weight excluding hydrogens is 198 g/mol. The number of carbonyl (C=O) groups is 1. The molecule has 0 aliphatic rings. The minimum atomic E-state index is -0.468. The van der Waals surface area contributed by atoms with Gasteiger partial charge in [-0.3, -0.25) is 9.89 Å². The normalized spacial score (nSPS) is 9.53. The second kappa shape index (κ2) is 3.59. The smallest absolute Gasteiger partial charge is 0.279 e. The van der Waals surface area contributed by atoms with E-state index in [1.807, 2.05) is 6.07 Å². The van der Waals surface area contributed by atoms with E-state index in [4.69, 9.17) is 5.26 Å². The molecule has 74 valence electrons. The lowest BCUT2D eigenvalue weighted by Gasteiger charge is -1.98. The van der Waals surface area contributed by atoms with E-state index in [0.717, 1.165) is 0 Å². The van der Waals surface area contributed by atoms with Crippen LogP contribution in [-0.4, -0.2) is 31.5 Å². The Morgan fingerprint density at radius 1 is 1.47 bits per heavy atom. The number of anilines is 1. The van der Waals surface area contributed by atoms with Crippen LogP contribution in [0, 0.1) is 11.3 Å². The van der Waals surface area contributed by atoms with Gasteiger partial charge in [0.05, 0.1) is 12.4 Å². The summed E-state index contributed by atoms with van der Waals surface area (Å²) in [7, 11) is 0. The molecule has 0 spiro atoms. The Bertz CT molecular complexity index is 506. The van der Waals surface area contributed by atoms with Crippen molar-refractivity contribution in [1.82, 2.24) is 25.6 Å². The molecule has 0 bridgehead atoms. The Kier molecular flexibility index (Phi) is 2.12. The van der Waals surface area contributed by atoms with Crippen molar-refractivity contribution in [3.05, 3.63) is 23.7 Å². The molecule has 0 fully saturated rings. The molecule has 2 rings (SSSR count). The third-order valence-electron chi connectivity index (χ3n) is 1.65. The molecule has 0 saturated heterocycles. The number of aromatic nitrogens is 5. The highest BCUT2D eigenvalue weighted by Crippen LogP contribution is 2.09. The van der Waals surface area contributed by atoms with Crippen LogP contribution in [0.1, 0.15) is 16.1 Å². The van der Waals surface area contributed by atoms with E-state index in [1.54, 1.807) is 0 Å². The van der Waals surface area contributed by atoms with Crippen molar-refractivity contribution in [2.75, 3.05) is 5.32 Å². The zero-order chi connectivity index (χ0) is 10.7. The number of aromatic amines is 2. The third kappa shape index (κ3) is 1.66. The van der Waals surface area contributed by atoms with Crippen molar-refractivity contribution in [3.63, 3.8) is 0 Å². The average molecular weight is 203 g/mol. The zero-order valence-electron chi connectivity index (χ0n) is 7.35. The topological polar surface area (TPSA) is 123 Å². The largest absolute Gasteiger partial charge is 0.304 e. The first-order chi connectivity index (χ1) is 7.31. The van der Waals surface area contributed by atoms with Gasteiger partial charge in [0.15, 0.2) is 5.69 Å². The van der Waals surface area contributed by atoms with Crippen molar-refractivity contribution in [2.45, 2.75) is 0 Å². The molecule has 15 heavy (non-hydrogen) atoms. The second-order valence-corrected chi connectivity index (χ2v) is 2.58. The summed E-state index contributed by atoms with van der Waals surface area (Å²) in [5.74, 6) is -0.227. The third-order valence-corrected chi connectivity index (χ3v) is 1.65. The fourth-order valence-electron chi connectivity index (χ4n) is 0.955. The van der Waals surface area contributed by atoms with Crippen LogP contribution < -0.4 is 5.32 Å². The average Bonchev–Trinajstić information content (AvgIpc) is 2.87. The molecule has 0 aliphatic carbocycles. The predicted molar refractivity (Wildman–Crippen MR) is 47.6 cm³/mol. The summed E-state index contributed by atoms with van der Waals surface area (Å²) in [5, 5.41) is 26.6. The maximum Gasteiger partial charge on any atom is 0.279 e. The van der Waals surface area contributed by atoms with Crippen LogP contribution in [0.25, 0.3) is 0 Å². The Labute approximate surface area is 83.3 Å². The molecule has 1 amide bonds. The number of rotatable bonds is 2. The van der Waals surface area contributed by atoms with E-state index < -0.39 is 5.91 Å². The number of nitriles is 1. The van der Waals surface area contributed by atoms with Crippen LogP contribution >= 0.6 is 0 Å². The van der Waals surface area contributed by atoms with Crippen molar-refractivity contribution in [2.24, 2.45) is 0 Å². The number of H-pyrrole nitrogens is 2. The molecule has 2 aromatic rings. The molecular formula is C7H5N7O. The molecule has 3 N–H and O–H groups in total. The van der Waals surface area contributed by atoms with Crippen LogP contribution in [0.2, 0.25) is 0 Å². The van der Waals surface area contributed by atoms with Gasteiger partial charge < -0.3 is 5.32 Å². The van der Waals surface area contributed by atoms with E-state index in [1.165, 1.54) is 12.4 Å². The number of nitrogens with one attached hydrogen (secondary N) is 3. The fraction of sp³-hybridized carbons (Fsp3) is 0. The van der Waals surface area contributed by atoms with Crippen molar-refractivity contribution in [1.29, 1.82) is 5.26 Å². The van der Waals surface area contributed by atoms with Crippen molar-refractivity contribution in [3.8, 4) is 6.07 Å². The van der Waals surface area contributed by atoms with Crippen LogP contribution in [0.3, 0.4) is 0 Å². The number of hydrogen-bond acceptors (Lipinski definition) is 5. The van der Waals surface area contributed by atoms with E-state index in [-0.39, 0.29) is 17.1 Å². The molecule has 2 heterocycles. The number of nitrogens with zero attached hydrogens (tertiary/aromatic N) is 4. The SMILES string of the molecule is N#Cc1cn[nH]c1NC(=O)c1cn[nH]n1. The molecule has 0 radical (unpaired) electrons. The molecule has 8 heteroatoms. The van der Waals surface area contributed by atoms with Gasteiger partial charge in [-0.1, -0.05) is 0 Å². The first-order valence-corrected chi connectivity index (χ1v) is 3.92. The van der Waals surface area contributed by atoms with E-state index >= 15 is 0 Å². The lowest BCUT2D eigenvalue weighted by molar-refractivity contribution is 0.102. The van der Waals surface area contributed by atoms with Crippen molar-refractivity contribution < 1.29 is 4.79 Å². The summed E-state index contributed by atoms with van der Waals surface area (Å²) in [6.07, 6.45) is 2.59. The summed E-state index contributed by atoms with van der Waals surface area (Å²) in [4.78, 5) is 11.5. The zero-order valence-corrected chi connectivity index (χ0v) is 7.35. The van der Waals surface area contributed by atoms with Crippen molar-refractivity contribution >= 4 is 11.7 Å². The molecule has 0 atom stereocenters. The standard InChI is InChI=1S/C7H5N7O/c8-1-4-2-9-13-6(4)11-7(15)5-3-10-14-12-5/h2-3H,(H,10,12,14)(H2,9,11,13,15). The van der Waals surface area contributed by atoms with Gasteiger partial charge in [0.1, 0.15) is 17.5 Å². The van der Waals surface area contributed by atoms with E-state index in [2.05, 4.69) is 30.9 Å². The summed E-state index contributed by atoms with van der Waals surface area (Å²) < 4.78 is 0. The molecule has 8 nitrogen and oxygen atoms in total. The van der Waals surface area contributed by atoms with Gasteiger partial charge in [-0.2, -0.15) is 25.8 Å². The van der Waals surface area contributed by atoms with E-state index in [9.17, 15) is 4.79 Å². The molecule has 0 aromatic carbocycles. The van der Waals surface area contributed by atoms with Gasteiger partial charge in [-0.05, 0) is 0 Å². The Morgan fingerprint density at radius 2 is 2.33 bits per heavy atom. The lowest BCUT2D eigenvalue weighted by atomic mass is 10.3. The summed E-state index contributed by atoms with van der Waals surface area (Å²) in [6, 6.07) is 1.87. The maximum atomic E-state index is 11.5. The van der Waals surface area contributed by atoms with Gasteiger partial charge >= 0.3 is 0 Å². The molecule has 0 aliphatic heterocycles. The molecule has 0 unspecified atom stereocenters. The first-order valence-electron chi connectivity index (χ1n) is 3.92. The number of carbonyl (C=O) groups excluding carboxylic acids is 1. The Balaban J connectivity index is 2.17. The summed E-state index contributed by atoms with van der Waals surface area (Å²) >= 11 is 0. The highest BCUT2D eigenvalue weighted by Gasteiger charge is 2.12. The minimum Gasteiger partial charge on any atom is -0.304 e. The molecule has 2 aromatic heterocycles. The van der Waals surface area contributed by atoms with Gasteiger partial charge in [-0.25, -0.2) is 0 Å². The number of hydrogen-bond donors (Lipinski definition) is 3. The Morgan fingerprint density at radius 3 is 3.00 bits per heavy atom. The van der Waals surface area contributed by atoms with Crippen LogP contribution in [0.5, 0.6) is 0 Å². The van der Waals surface area contributed by atoms with Gasteiger partial charge in [0.2, 0.25) is 0 Å². The Hall–Kier alpha value is -2.69. The monoisotopic (exact) mass is 203 g/mol. The summed E-state index contributed by atoms with van der Waals surface area (Å²) in [5.41, 5.74) is 0.389. The molecule has 0 saturated carbocycles. The highest BCUT2D eigenvalue weighted by molar-refractivity contribution is 6.02. The van der Waals surface area contributed by atoms with Gasteiger partial charge in [0, 0.05) is 0 Å². The maximum absolute atomic E-state index is 11.5. The lowest BCUT2D eigenvalue weighted by Crippen LogP contribution is -2.13. The summed E-state index contributed by atoms with van der Waals surface area (Å²) in [6.45, 7) is 0. The quantitative estimate of drug-likeness (QED) is 0.615. The first kappa shape index (κ1) is 8.89. The van der Waals surface area contributed by atoms with Crippen LogP contribution in [-0.2, 0) is 0 Å². The van der Waals surface area contributed by atoms with Gasteiger partial charge in [-0.15, -0.1) is 0 Å². The van der Waals surface area contributed by atoms with Crippen LogP contribution in [0.4, 0.5) is 5.82 Å². The highest BCUT2D eigenvalue weighted by atomic mass is 16.2. The predicted octanol–water partition coefficient (Wildman–Crippen LogP) is -0.348. The fourth-order valence-corrected chi connectivity index (χ4v) is 0.955. The number of amides is 1. The van der Waals surface area contributed by atoms with Crippen LogP contribution in [0.15, 0.2) is 12.4 Å². The van der Waals surface area contributed by atoms with E-state index in [0.29, 0.717) is 0 Å². The second-order valence-electron chi connectivity index (χ2n) is 2.58.